The van der Waals surface area contributed by atoms with Crippen LogP contribution in [0.4, 0.5) is 0 Å². The van der Waals surface area contributed by atoms with Gasteiger partial charge in [-0.3, -0.25) is 0 Å². The van der Waals surface area contributed by atoms with Crippen molar-refractivity contribution >= 4 is 16.9 Å². The summed E-state index contributed by atoms with van der Waals surface area (Å²) in [6.45, 7) is 4.18. The van der Waals surface area contributed by atoms with E-state index in [1.165, 1.54) is 0 Å². The third-order valence-electron chi connectivity index (χ3n) is 7.44. The molecule has 2 N–H and O–H groups in total. The first kappa shape index (κ1) is 27.5. The summed E-state index contributed by atoms with van der Waals surface area (Å²) in [5, 5.41) is 10.9. The van der Waals surface area contributed by atoms with E-state index in [-0.39, 0.29) is 23.0 Å². The Morgan fingerprint density at radius 1 is 0.977 bits per heavy atom. The highest BCUT2D eigenvalue weighted by Crippen LogP contribution is 2.45. The van der Waals surface area contributed by atoms with Gasteiger partial charge in [0.2, 0.25) is 11.6 Å². The number of hydrogen-bond donors (Lipinski definition) is 1. The van der Waals surface area contributed by atoms with Gasteiger partial charge >= 0.3 is 5.97 Å². The average Bonchev–Trinajstić information content (AvgIpc) is 3.35. The van der Waals surface area contributed by atoms with Crippen LogP contribution in [0.3, 0.4) is 0 Å². The number of nitrogens with two attached hydrogens (primary N) is 1. The molecule has 43 heavy (non-hydrogen) atoms. The molecular weight excluding hydrogens is 544 g/mol. The number of fused-ring (bicyclic) bond motifs is 2. The zero-order valence-corrected chi connectivity index (χ0v) is 23.8. The van der Waals surface area contributed by atoms with E-state index in [0.29, 0.717) is 40.6 Å². The number of hydrogen-bond acceptors (Lipinski definition) is 8. The highest BCUT2D eigenvalue weighted by molar-refractivity contribution is 5.97. The molecule has 2 heterocycles. The van der Waals surface area contributed by atoms with Crippen LogP contribution in [-0.4, -0.2) is 13.1 Å². The molecule has 0 spiro atoms. The van der Waals surface area contributed by atoms with E-state index in [1.54, 1.807) is 25.3 Å². The minimum absolute atomic E-state index is 0.0321. The fourth-order valence-electron chi connectivity index (χ4n) is 5.24. The first-order valence-corrected chi connectivity index (χ1v) is 13.6. The second-order valence-electron chi connectivity index (χ2n) is 10.3. The zero-order valence-electron chi connectivity index (χ0n) is 23.8. The van der Waals surface area contributed by atoms with Crippen LogP contribution in [0.15, 0.2) is 101 Å². The van der Waals surface area contributed by atoms with Crippen molar-refractivity contribution < 1.29 is 28.2 Å². The van der Waals surface area contributed by atoms with Gasteiger partial charge in [-0.2, -0.15) is 5.26 Å². The lowest BCUT2D eigenvalue weighted by molar-refractivity contribution is 0.0702. The molecule has 1 atom stereocenters. The third kappa shape index (κ3) is 5.24. The van der Waals surface area contributed by atoms with E-state index in [1.807, 2.05) is 80.6 Å². The Balaban J connectivity index is 1.29. The lowest BCUT2D eigenvalue weighted by Gasteiger charge is -2.27. The molecule has 0 saturated carbocycles. The molecular formula is C35H28N2O6. The molecule has 0 aliphatic carbocycles. The molecule has 6 rings (SSSR count). The van der Waals surface area contributed by atoms with Gasteiger partial charge in [0.25, 0.3) is 0 Å². The average molecular weight is 573 g/mol. The number of esters is 1. The monoisotopic (exact) mass is 572 g/mol. The molecule has 0 saturated heterocycles. The molecule has 0 amide bonds. The van der Waals surface area contributed by atoms with Crippen molar-refractivity contribution in [2.24, 2.45) is 5.73 Å². The molecule has 4 aromatic carbocycles. The minimum Gasteiger partial charge on any atom is -0.493 e. The largest absolute Gasteiger partial charge is 0.493 e. The van der Waals surface area contributed by atoms with Gasteiger partial charge in [0, 0.05) is 22.6 Å². The first-order valence-electron chi connectivity index (χ1n) is 13.6. The molecule has 0 fully saturated rings. The topological polar surface area (TPSA) is 117 Å². The van der Waals surface area contributed by atoms with E-state index >= 15 is 0 Å². The normalized spacial score (nSPS) is 14.0. The number of ether oxygens (including phenoxy) is 4. The SMILES string of the molecule is COc1cc(C2C(C#N)=C(N)Oc3cc(OC(=O)c4oc5ccc(C)cc5c4C)ccc32)ccc1OCc1ccccc1. The molecule has 8 heteroatoms. The number of methoxy groups -OCH3 is 1. The summed E-state index contributed by atoms with van der Waals surface area (Å²) in [6.07, 6.45) is 0. The maximum atomic E-state index is 13.1. The number of carbonyl (C=O) groups excluding carboxylic acids is 1. The van der Waals surface area contributed by atoms with Crippen LogP contribution in [0.2, 0.25) is 0 Å². The van der Waals surface area contributed by atoms with Crippen LogP contribution in [-0.2, 0) is 6.61 Å². The Morgan fingerprint density at radius 3 is 2.56 bits per heavy atom. The van der Waals surface area contributed by atoms with Gasteiger partial charge in [-0.05, 0) is 55.3 Å². The van der Waals surface area contributed by atoms with Crippen molar-refractivity contribution in [1.29, 1.82) is 5.26 Å². The molecule has 5 aromatic rings. The summed E-state index contributed by atoms with van der Waals surface area (Å²) < 4.78 is 29.0. The Labute approximate surface area is 248 Å². The van der Waals surface area contributed by atoms with Gasteiger partial charge in [0.15, 0.2) is 11.5 Å². The van der Waals surface area contributed by atoms with E-state index < -0.39 is 11.9 Å². The fourth-order valence-corrected chi connectivity index (χ4v) is 5.24. The standard InChI is InChI=1S/C35H28N2O6/c1-20-9-13-28-26(15-20)21(2)33(42-28)35(38)41-24-11-12-25-30(17-24)43-34(37)27(18-36)32(25)23-10-14-29(31(16-23)39-3)40-19-22-7-5-4-6-8-22/h4-17,32H,19,37H2,1-3H3. The maximum Gasteiger partial charge on any atom is 0.379 e. The Morgan fingerprint density at radius 2 is 1.79 bits per heavy atom. The van der Waals surface area contributed by atoms with Crippen LogP contribution >= 0.6 is 0 Å². The Bertz CT molecular complexity index is 1930. The fraction of sp³-hybridized carbons (Fsp3) is 0.143. The van der Waals surface area contributed by atoms with E-state index in [4.69, 9.17) is 29.1 Å². The highest BCUT2D eigenvalue weighted by atomic mass is 16.5. The summed E-state index contributed by atoms with van der Waals surface area (Å²) in [5.41, 5.74) is 11.3. The van der Waals surface area contributed by atoms with Crippen molar-refractivity contribution in [2.75, 3.05) is 7.11 Å². The van der Waals surface area contributed by atoms with E-state index in [0.717, 1.165) is 22.1 Å². The van der Waals surface area contributed by atoms with Gasteiger partial charge in [-0.1, -0.05) is 54.1 Å². The van der Waals surface area contributed by atoms with Gasteiger partial charge in [0.05, 0.1) is 13.0 Å². The van der Waals surface area contributed by atoms with Crippen LogP contribution in [0.25, 0.3) is 11.0 Å². The number of nitriles is 1. The predicted octanol–water partition coefficient (Wildman–Crippen LogP) is 7.07. The molecule has 214 valence electrons. The van der Waals surface area contributed by atoms with Crippen molar-refractivity contribution in [2.45, 2.75) is 26.4 Å². The molecule has 1 unspecified atom stereocenters. The van der Waals surface area contributed by atoms with Crippen LogP contribution in [0.5, 0.6) is 23.0 Å². The molecule has 0 bridgehead atoms. The van der Waals surface area contributed by atoms with Gasteiger partial charge in [0.1, 0.15) is 35.3 Å². The number of rotatable bonds is 7. The molecule has 1 aliphatic heterocycles. The lowest BCUT2D eigenvalue weighted by Crippen LogP contribution is -2.21. The van der Waals surface area contributed by atoms with Gasteiger partial charge in [-0.15, -0.1) is 0 Å². The van der Waals surface area contributed by atoms with Crippen molar-refractivity contribution in [3.63, 3.8) is 0 Å². The molecule has 8 nitrogen and oxygen atoms in total. The number of aryl methyl sites for hydroxylation is 2. The molecule has 1 aliphatic rings. The number of nitrogens with zero attached hydrogens (tertiary/aromatic N) is 1. The number of allylic oxidation sites excluding steroid dienone is 1. The summed E-state index contributed by atoms with van der Waals surface area (Å²) in [5.74, 6) is 0.615. The minimum atomic E-state index is -0.629. The van der Waals surface area contributed by atoms with Crippen molar-refractivity contribution in [1.82, 2.24) is 0 Å². The van der Waals surface area contributed by atoms with E-state index in [2.05, 4.69) is 6.07 Å². The highest BCUT2D eigenvalue weighted by Gasteiger charge is 2.32. The summed E-state index contributed by atoms with van der Waals surface area (Å²) in [4.78, 5) is 13.1. The predicted molar refractivity (Wildman–Crippen MR) is 160 cm³/mol. The van der Waals surface area contributed by atoms with Crippen LogP contribution in [0.1, 0.15) is 44.3 Å². The molecule has 1 aromatic heterocycles. The summed E-state index contributed by atoms with van der Waals surface area (Å²) in [6, 6.07) is 28.2. The Kier molecular flexibility index (Phi) is 7.22. The third-order valence-corrected chi connectivity index (χ3v) is 7.44. The van der Waals surface area contributed by atoms with Gasteiger partial charge < -0.3 is 29.1 Å². The van der Waals surface area contributed by atoms with Crippen LogP contribution in [0, 0.1) is 25.2 Å². The van der Waals surface area contributed by atoms with Crippen molar-refractivity contribution in [3.05, 3.63) is 130 Å². The first-order chi connectivity index (χ1) is 20.9. The van der Waals surface area contributed by atoms with Crippen LogP contribution < -0.4 is 24.7 Å². The van der Waals surface area contributed by atoms with E-state index in [9.17, 15) is 10.1 Å². The second kappa shape index (κ2) is 11.3. The summed E-state index contributed by atoms with van der Waals surface area (Å²) >= 11 is 0. The molecule has 0 radical (unpaired) electrons. The second-order valence-corrected chi connectivity index (χ2v) is 10.3. The smallest absolute Gasteiger partial charge is 0.379 e. The maximum absolute atomic E-state index is 13.1. The zero-order chi connectivity index (χ0) is 30.1. The summed E-state index contributed by atoms with van der Waals surface area (Å²) in [7, 11) is 1.56. The Hall–Kier alpha value is -5.68. The lowest BCUT2D eigenvalue weighted by atomic mass is 9.83. The van der Waals surface area contributed by atoms with Crippen molar-refractivity contribution in [3.8, 4) is 29.1 Å². The quantitative estimate of drug-likeness (QED) is 0.162. The number of benzene rings is 4. The number of carbonyl (C=O) groups is 1. The van der Waals surface area contributed by atoms with Gasteiger partial charge in [-0.25, -0.2) is 4.79 Å². The number of furan rings is 1.